The number of carbonyl (C=O) groups is 2. The molecule has 0 spiro atoms. The molecule has 0 aliphatic carbocycles. The number of para-hydroxylation sites is 1. The van der Waals surface area contributed by atoms with Gasteiger partial charge < -0.3 is 10.1 Å². The summed E-state index contributed by atoms with van der Waals surface area (Å²) in [6.07, 6.45) is -1.27. The average Bonchev–Trinajstić information content (AvgIpc) is 3.13. The molecule has 1 heterocycles. The zero-order chi connectivity index (χ0) is 29.2. The zero-order valence-electron chi connectivity index (χ0n) is 21.5. The molecular weight excluding hydrogens is 546 g/mol. The molecule has 0 aliphatic heterocycles. The van der Waals surface area contributed by atoms with Crippen molar-refractivity contribution in [2.24, 2.45) is 7.05 Å². The number of anilines is 2. The van der Waals surface area contributed by atoms with Crippen molar-refractivity contribution in [2.75, 3.05) is 10.0 Å². The molecule has 40 heavy (non-hydrogen) atoms. The molecular formula is C27H24F2N4O6S. The van der Waals surface area contributed by atoms with Gasteiger partial charge in [0, 0.05) is 12.7 Å². The summed E-state index contributed by atoms with van der Waals surface area (Å²) in [4.78, 5) is 37.9. The molecule has 0 radical (unpaired) electrons. The lowest BCUT2D eigenvalue weighted by Gasteiger charge is -2.13. The lowest BCUT2D eigenvalue weighted by molar-refractivity contribution is -0.123. The summed E-state index contributed by atoms with van der Waals surface area (Å²) in [6, 6.07) is 16.0. The molecule has 0 saturated carbocycles. The minimum absolute atomic E-state index is 0.0118. The number of sulfonamides is 1. The number of amides is 1. The molecule has 1 amide bonds. The van der Waals surface area contributed by atoms with Gasteiger partial charge in [-0.25, -0.2) is 26.7 Å². The lowest BCUT2D eigenvalue weighted by atomic mass is 10.2. The summed E-state index contributed by atoms with van der Waals surface area (Å²) in [7, 11) is -2.56. The maximum absolute atomic E-state index is 13.4. The van der Waals surface area contributed by atoms with Crippen LogP contribution in [0.5, 0.6) is 0 Å². The third kappa shape index (κ3) is 5.78. The summed E-state index contributed by atoms with van der Waals surface area (Å²) >= 11 is 0. The Bertz CT molecular complexity index is 1750. The van der Waals surface area contributed by atoms with Crippen LogP contribution in [0.3, 0.4) is 0 Å². The van der Waals surface area contributed by atoms with Gasteiger partial charge in [0.15, 0.2) is 17.7 Å². The molecule has 2 N–H and O–H groups in total. The van der Waals surface area contributed by atoms with E-state index in [1.165, 1.54) is 35.9 Å². The second-order valence-corrected chi connectivity index (χ2v) is 10.4. The van der Waals surface area contributed by atoms with Crippen LogP contribution in [0.25, 0.3) is 5.69 Å². The summed E-state index contributed by atoms with van der Waals surface area (Å²) < 4.78 is 61.9. The summed E-state index contributed by atoms with van der Waals surface area (Å²) in [6.45, 7) is 3.00. The third-order valence-electron chi connectivity index (χ3n) is 6.03. The van der Waals surface area contributed by atoms with Crippen LogP contribution < -0.4 is 15.6 Å². The number of hydrogen-bond donors (Lipinski definition) is 2. The maximum atomic E-state index is 13.4. The quantitative estimate of drug-likeness (QED) is 0.311. The van der Waals surface area contributed by atoms with Crippen LogP contribution in [-0.4, -0.2) is 35.8 Å². The molecule has 208 valence electrons. The number of ether oxygens (including phenoxy) is 1. The molecule has 0 aliphatic rings. The third-order valence-corrected chi connectivity index (χ3v) is 7.41. The zero-order valence-corrected chi connectivity index (χ0v) is 22.3. The monoisotopic (exact) mass is 570 g/mol. The number of benzene rings is 3. The molecule has 0 saturated heterocycles. The predicted octanol–water partition coefficient (Wildman–Crippen LogP) is 3.75. The number of halogens is 2. The smallest absolute Gasteiger partial charge is 0.338 e. The van der Waals surface area contributed by atoms with Gasteiger partial charge in [0.1, 0.15) is 5.69 Å². The molecule has 1 unspecified atom stereocenters. The Labute approximate surface area is 227 Å². The highest BCUT2D eigenvalue weighted by Gasteiger charge is 2.24. The average molecular weight is 571 g/mol. The fourth-order valence-electron chi connectivity index (χ4n) is 3.75. The second kappa shape index (κ2) is 11.1. The number of aromatic nitrogens is 2. The van der Waals surface area contributed by atoms with Gasteiger partial charge in [0.25, 0.3) is 21.5 Å². The number of hydrogen-bond acceptors (Lipinski definition) is 6. The van der Waals surface area contributed by atoms with Crippen LogP contribution in [-0.2, 0) is 26.6 Å². The molecule has 10 nitrogen and oxygen atoms in total. The summed E-state index contributed by atoms with van der Waals surface area (Å²) in [5.41, 5.74) is 0.728. The predicted molar refractivity (Wildman–Crippen MR) is 143 cm³/mol. The summed E-state index contributed by atoms with van der Waals surface area (Å²) in [5.74, 6) is -4.10. The Kier molecular flexibility index (Phi) is 7.86. The van der Waals surface area contributed by atoms with Crippen LogP contribution in [0.4, 0.5) is 20.2 Å². The number of esters is 1. The van der Waals surface area contributed by atoms with Crippen LogP contribution in [0.15, 0.2) is 82.5 Å². The van der Waals surface area contributed by atoms with Gasteiger partial charge in [-0.3, -0.25) is 19.0 Å². The Balaban J connectivity index is 1.42. The molecule has 0 fully saturated rings. The van der Waals surface area contributed by atoms with Crippen molar-refractivity contribution >= 4 is 33.3 Å². The number of carbonyl (C=O) groups excluding carboxylic acids is 2. The number of rotatable bonds is 8. The standard InChI is InChI=1S/C27H24F2N4O6S/c1-16-24(26(35)33(32(16)3)20-7-5-4-6-8-20)30-25(34)17(2)39-27(36)18-9-11-19(12-10-18)31-40(37,38)21-13-14-22(28)23(29)15-21/h4-15,17,31H,1-3H3,(H,30,34). The van der Waals surface area contributed by atoms with E-state index in [1.54, 1.807) is 42.9 Å². The molecule has 4 aromatic rings. The first-order valence-electron chi connectivity index (χ1n) is 11.8. The van der Waals surface area contributed by atoms with Crippen LogP contribution in [0.1, 0.15) is 23.0 Å². The topological polar surface area (TPSA) is 128 Å². The molecule has 1 aromatic heterocycles. The first-order chi connectivity index (χ1) is 18.9. The van der Waals surface area contributed by atoms with Crippen LogP contribution in [0.2, 0.25) is 0 Å². The number of nitrogens with one attached hydrogen (secondary N) is 2. The second-order valence-electron chi connectivity index (χ2n) is 8.73. The van der Waals surface area contributed by atoms with E-state index in [2.05, 4.69) is 10.0 Å². The lowest BCUT2D eigenvalue weighted by Crippen LogP contribution is -2.32. The van der Waals surface area contributed by atoms with Gasteiger partial charge in [0.05, 0.1) is 21.8 Å². The maximum Gasteiger partial charge on any atom is 0.338 e. The first-order valence-corrected chi connectivity index (χ1v) is 13.3. The Morgan fingerprint density at radius 3 is 2.23 bits per heavy atom. The fourth-order valence-corrected chi connectivity index (χ4v) is 4.82. The van der Waals surface area contributed by atoms with E-state index in [9.17, 15) is 31.6 Å². The van der Waals surface area contributed by atoms with E-state index in [0.29, 0.717) is 23.5 Å². The van der Waals surface area contributed by atoms with E-state index in [4.69, 9.17) is 4.74 Å². The van der Waals surface area contributed by atoms with Crippen molar-refractivity contribution in [3.8, 4) is 5.69 Å². The van der Waals surface area contributed by atoms with Gasteiger partial charge in [-0.15, -0.1) is 0 Å². The van der Waals surface area contributed by atoms with Crippen molar-refractivity contribution in [3.05, 3.63) is 106 Å². The minimum Gasteiger partial charge on any atom is -0.449 e. The van der Waals surface area contributed by atoms with E-state index >= 15 is 0 Å². The largest absolute Gasteiger partial charge is 0.449 e. The highest BCUT2D eigenvalue weighted by Crippen LogP contribution is 2.20. The highest BCUT2D eigenvalue weighted by molar-refractivity contribution is 7.92. The minimum atomic E-state index is -4.23. The molecule has 4 rings (SSSR count). The van der Waals surface area contributed by atoms with E-state index in [0.717, 1.165) is 6.07 Å². The molecule has 1 atom stereocenters. The Morgan fingerprint density at radius 2 is 1.60 bits per heavy atom. The molecule has 0 bridgehead atoms. The van der Waals surface area contributed by atoms with Crippen molar-refractivity contribution < 1.29 is 31.5 Å². The first kappa shape index (κ1) is 28.2. The fraction of sp³-hybridized carbons (Fsp3) is 0.148. The Hall–Kier alpha value is -4.78. The van der Waals surface area contributed by atoms with Gasteiger partial charge >= 0.3 is 5.97 Å². The van der Waals surface area contributed by atoms with Crippen molar-refractivity contribution in [3.63, 3.8) is 0 Å². The molecule has 3 aromatic carbocycles. The van der Waals surface area contributed by atoms with Gasteiger partial charge in [-0.05, 0) is 68.4 Å². The molecule has 13 heteroatoms. The van der Waals surface area contributed by atoms with Gasteiger partial charge in [-0.1, -0.05) is 18.2 Å². The normalized spacial score (nSPS) is 12.0. The van der Waals surface area contributed by atoms with Crippen molar-refractivity contribution in [1.82, 2.24) is 9.36 Å². The summed E-state index contributed by atoms with van der Waals surface area (Å²) in [5, 5.41) is 2.53. The van der Waals surface area contributed by atoms with Crippen molar-refractivity contribution in [1.29, 1.82) is 0 Å². The van der Waals surface area contributed by atoms with E-state index in [-0.39, 0.29) is 16.9 Å². The van der Waals surface area contributed by atoms with E-state index < -0.39 is 50.1 Å². The van der Waals surface area contributed by atoms with Crippen molar-refractivity contribution in [2.45, 2.75) is 24.8 Å². The Morgan fingerprint density at radius 1 is 0.950 bits per heavy atom. The number of nitrogens with zero attached hydrogens (tertiary/aromatic N) is 2. The SMILES string of the molecule is Cc1c(NC(=O)C(C)OC(=O)c2ccc(NS(=O)(=O)c3ccc(F)c(F)c3)cc2)c(=O)n(-c2ccccc2)n1C. The van der Waals surface area contributed by atoms with E-state index in [1.807, 2.05) is 6.07 Å². The van der Waals surface area contributed by atoms with Crippen LogP contribution >= 0.6 is 0 Å². The van der Waals surface area contributed by atoms with Gasteiger partial charge in [-0.2, -0.15) is 0 Å². The van der Waals surface area contributed by atoms with Crippen LogP contribution in [0, 0.1) is 18.6 Å². The van der Waals surface area contributed by atoms with Gasteiger partial charge in [0.2, 0.25) is 0 Å². The highest BCUT2D eigenvalue weighted by atomic mass is 32.2.